The number of nitrogens with one attached hydrogen (secondary N) is 2. The SMILES string of the molecule is CCCCNC(=O)c1ccc(CNC(=O)c2ccc(=O)n(Cc3ccccc3Cl)c2)cc1. The lowest BCUT2D eigenvalue weighted by Gasteiger charge is -2.10. The van der Waals surface area contributed by atoms with Crippen molar-refractivity contribution in [3.8, 4) is 0 Å². The normalized spacial score (nSPS) is 10.6. The number of hydrogen-bond donors (Lipinski definition) is 2. The molecule has 0 saturated carbocycles. The molecule has 0 aliphatic rings. The van der Waals surface area contributed by atoms with Crippen molar-refractivity contribution in [2.75, 3.05) is 6.54 Å². The zero-order valence-corrected chi connectivity index (χ0v) is 18.7. The van der Waals surface area contributed by atoms with Crippen LogP contribution in [0.4, 0.5) is 0 Å². The largest absolute Gasteiger partial charge is 0.352 e. The van der Waals surface area contributed by atoms with Gasteiger partial charge in [0, 0.05) is 35.9 Å². The van der Waals surface area contributed by atoms with Gasteiger partial charge in [-0.15, -0.1) is 0 Å². The molecule has 7 heteroatoms. The number of halogens is 1. The summed E-state index contributed by atoms with van der Waals surface area (Å²) in [5.41, 5.74) is 2.42. The van der Waals surface area contributed by atoms with Gasteiger partial charge < -0.3 is 15.2 Å². The van der Waals surface area contributed by atoms with E-state index in [0.717, 1.165) is 24.0 Å². The Labute approximate surface area is 192 Å². The van der Waals surface area contributed by atoms with Crippen molar-refractivity contribution in [2.24, 2.45) is 0 Å². The summed E-state index contributed by atoms with van der Waals surface area (Å²) in [4.78, 5) is 36.9. The van der Waals surface area contributed by atoms with Crippen molar-refractivity contribution >= 4 is 23.4 Å². The fourth-order valence-corrected chi connectivity index (χ4v) is 3.33. The van der Waals surface area contributed by atoms with Gasteiger partial charge in [0.1, 0.15) is 0 Å². The quantitative estimate of drug-likeness (QED) is 0.482. The monoisotopic (exact) mass is 451 g/mol. The molecular formula is C25H26ClN3O3. The first-order valence-electron chi connectivity index (χ1n) is 10.6. The van der Waals surface area contributed by atoms with Gasteiger partial charge in [0.2, 0.25) is 0 Å². The fraction of sp³-hybridized carbons (Fsp3) is 0.240. The van der Waals surface area contributed by atoms with E-state index < -0.39 is 0 Å². The maximum Gasteiger partial charge on any atom is 0.253 e. The van der Waals surface area contributed by atoms with Gasteiger partial charge >= 0.3 is 0 Å². The first kappa shape index (κ1) is 23.3. The van der Waals surface area contributed by atoms with Crippen LogP contribution in [0.25, 0.3) is 0 Å². The molecule has 0 spiro atoms. The summed E-state index contributed by atoms with van der Waals surface area (Å²) in [5, 5.41) is 6.29. The van der Waals surface area contributed by atoms with Crippen LogP contribution < -0.4 is 16.2 Å². The highest BCUT2D eigenvalue weighted by atomic mass is 35.5. The van der Waals surface area contributed by atoms with E-state index in [2.05, 4.69) is 17.6 Å². The minimum atomic E-state index is -0.292. The topological polar surface area (TPSA) is 80.2 Å². The number of pyridine rings is 1. The second-order valence-electron chi connectivity index (χ2n) is 7.46. The summed E-state index contributed by atoms with van der Waals surface area (Å²) < 4.78 is 1.46. The molecule has 1 aromatic heterocycles. The first-order valence-corrected chi connectivity index (χ1v) is 10.9. The molecule has 0 radical (unpaired) electrons. The molecule has 3 rings (SSSR count). The van der Waals surface area contributed by atoms with Crippen LogP contribution in [0.5, 0.6) is 0 Å². The Hall–Kier alpha value is -3.38. The average Bonchev–Trinajstić information content (AvgIpc) is 2.80. The number of unbranched alkanes of at least 4 members (excludes halogenated alkanes) is 1. The number of carbonyl (C=O) groups is 2. The summed E-state index contributed by atoms with van der Waals surface area (Å²) in [6.07, 6.45) is 3.50. The number of hydrogen-bond acceptors (Lipinski definition) is 3. The van der Waals surface area contributed by atoms with E-state index in [1.165, 1.54) is 22.9 Å². The van der Waals surface area contributed by atoms with E-state index in [1.54, 1.807) is 18.2 Å². The molecular weight excluding hydrogens is 426 g/mol. The summed E-state index contributed by atoms with van der Waals surface area (Å²) >= 11 is 6.19. The van der Waals surface area contributed by atoms with Crippen LogP contribution in [-0.2, 0) is 13.1 Å². The van der Waals surface area contributed by atoms with Crippen LogP contribution in [0, 0.1) is 0 Å². The predicted octanol–water partition coefficient (Wildman–Crippen LogP) is 4.01. The molecule has 0 atom stereocenters. The van der Waals surface area contributed by atoms with Crippen LogP contribution in [0.3, 0.4) is 0 Å². The number of rotatable bonds is 9. The van der Waals surface area contributed by atoms with Crippen molar-refractivity contribution in [1.29, 1.82) is 0 Å². The van der Waals surface area contributed by atoms with Crippen molar-refractivity contribution in [3.05, 3.63) is 104 Å². The third kappa shape index (κ3) is 6.31. The van der Waals surface area contributed by atoms with Gasteiger partial charge in [-0.05, 0) is 41.8 Å². The molecule has 2 aromatic carbocycles. The molecule has 3 aromatic rings. The Bertz CT molecular complexity index is 1140. The van der Waals surface area contributed by atoms with Gasteiger partial charge in [0.25, 0.3) is 17.4 Å². The van der Waals surface area contributed by atoms with Gasteiger partial charge in [0.05, 0.1) is 12.1 Å². The van der Waals surface area contributed by atoms with Crippen molar-refractivity contribution < 1.29 is 9.59 Å². The molecule has 2 N–H and O–H groups in total. The lowest BCUT2D eigenvalue weighted by Crippen LogP contribution is -2.27. The third-order valence-electron chi connectivity index (χ3n) is 5.03. The van der Waals surface area contributed by atoms with Crippen LogP contribution >= 0.6 is 11.6 Å². The summed E-state index contributed by atoms with van der Waals surface area (Å²) in [7, 11) is 0. The van der Waals surface area contributed by atoms with Gasteiger partial charge in [-0.25, -0.2) is 0 Å². The Kier molecular flexibility index (Phi) is 8.22. The van der Waals surface area contributed by atoms with Gasteiger partial charge in [-0.1, -0.05) is 55.3 Å². The highest BCUT2D eigenvalue weighted by molar-refractivity contribution is 6.31. The molecule has 32 heavy (non-hydrogen) atoms. The van der Waals surface area contributed by atoms with Crippen molar-refractivity contribution in [3.63, 3.8) is 0 Å². The highest BCUT2D eigenvalue weighted by Crippen LogP contribution is 2.15. The van der Waals surface area contributed by atoms with Crippen LogP contribution in [0.15, 0.2) is 71.7 Å². The molecule has 6 nitrogen and oxygen atoms in total. The number of carbonyl (C=O) groups excluding carboxylic acids is 2. The van der Waals surface area contributed by atoms with E-state index in [4.69, 9.17) is 11.6 Å². The zero-order chi connectivity index (χ0) is 22.9. The van der Waals surface area contributed by atoms with Gasteiger partial charge in [-0.3, -0.25) is 14.4 Å². The fourth-order valence-electron chi connectivity index (χ4n) is 3.14. The Balaban J connectivity index is 1.61. The smallest absolute Gasteiger partial charge is 0.253 e. The minimum absolute atomic E-state index is 0.102. The van der Waals surface area contributed by atoms with Gasteiger partial charge in [0.15, 0.2) is 0 Å². The maximum atomic E-state index is 12.6. The second kappa shape index (κ2) is 11.3. The summed E-state index contributed by atoms with van der Waals surface area (Å²) in [6.45, 7) is 3.32. The minimum Gasteiger partial charge on any atom is -0.352 e. The molecule has 0 bridgehead atoms. The first-order chi connectivity index (χ1) is 15.5. The lowest BCUT2D eigenvalue weighted by molar-refractivity contribution is 0.0942. The van der Waals surface area contributed by atoms with Gasteiger partial charge in [-0.2, -0.15) is 0 Å². The highest BCUT2D eigenvalue weighted by Gasteiger charge is 2.10. The molecule has 0 aliphatic carbocycles. The number of benzene rings is 2. The Morgan fingerprint density at radius 2 is 1.59 bits per heavy atom. The van der Waals surface area contributed by atoms with E-state index in [9.17, 15) is 14.4 Å². The Morgan fingerprint density at radius 3 is 2.31 bits per heavy atom. The number of nitrogens with zero attached hydrogens (tertiary/aromatic N) is 1. The number of amides is 2. The summed E-state index contributed by atoms with van der Waals surface area (Å²) in [5.74, 6) is -0.394. The molecule has 0 fully saturated rings. The molecule has 2 amide bonds. The summed E-state index contributed by atoms with van der Waals surface area (Å²) in [6, 6.07) is 17.3. The molecule has 0 saturated heterocycles. The molecule has 0 unspecified atom stereocenters. The zero-order valence-electron chi connectivity index (χ0n) is 17.9. The molecule has 1 heterocycles. The van der Waals surface area contributed by atoms with Crippen LogP contribution in [0.1, 0.15) is 51.6 Å². The van der Waals surface area contributed by atoms with Crippen LogP contribution in [-0.4, -0.2) is 22.9 Å². The maximum absolute atomic E-state index is 12.6. The van der Waals surface area contributed by atoms with E-state index in [1.807, 2.05) is 30.3 Å². The number of aromatic nitrogens is 1. The van der Waals surface area contributed by atoms with E-state index in [0.29, 0.717) is 29.2 Å². The lowest BCUT2D eigenvalue weighted by atomic mass is 10.1. The standard InChI is InChI=1S/C25H26ClN3O3/c1-2-3-14-27-24(31)19-10-8-18(9-11-19)15-28-25(32)21-12-13-23(30)29(17-21)16-20-6-4-5-7-22(20)26/h4-13,17H,2-3,14-16H2,1H3,(H,27,31)(H,28,32). The van der Waals surface area contributed by atoms with Crippen molar-refractivity contribution in [1.82, 2.24) is 15.2 Å². The third-order valence-corrected chi connectivity index (χ3v) is 5.40. The van der Waals surface area contributed by atoms with Crippen LogP contribution in [0.2, 0.25) is 5.02 Å². The van der Waals surface area contributed by atoms with Crippen molar-refractivity contribution in [2.45, 2.75) is 32.9 Å². The van der Waals surface area contributed by atoms with E-state index in [-0.39, 0.29) is 23.9 Å². The Morgan fingerprint density at radius 1 is 0.906 bits per heavy atom. The predicted molar refractivity (Wildman–Crippen MR) is 126 cm³/mol. The molecule has 0 aliphatic heterocycles. The molecule has 166 valence electrons. The van der Waals surface area contributed by atoms with E-state index >= 15 is 0 Å². The average molecular weight is 452 g/mol. The second-order valence-corrected chi connectivity index (χ2v) is 7.87.